The van der Waals surface area contributed by atoms with Gasteiger partial charge >= 0.3 is 5.97 Å². The third-order valence-corrected chi connectivity index (χ3v) is 2.93. The van der Waals surface area contributed by atoms with Crippen LogP contribution < -0.4 is 0 Å². The smallest absolute Gasteiger partial charge is 0.337 e. The summed E-state index contributed by atoms with van der Waals surface area (Å²) in [6.45, 7) is 4.90. The van der Waals surface area contributed by atoms with Crippen LogP contribution in [0.25, 0.3) is 10.9 Å². The number of aryl methyl sites for hydroxylation is 2. The van der Waals surface area contributed by atoms with Gasteiger partial charge in [0.25, 0.3) is 0 Å². The predicted molar refractivity (Wildman–Crippen MR) is 63.9 cm³/mol. The lowest BCUT2D eigenvalue weighted by Crippen LogP contribution is -2.01. The molecule has 0 aliphatic rings. The Hall–Kier alpha value is -1.77. The summed E-state index contributed by atoms with van der Waals surface area (Å²) in [5, 5.41) is 10.2. The molecule has 2 aromatic rings. The molecule has 0 saturated heterocycles. The SMILES string of the molecule is CCc1cn(CC)c2c(C(=O)O)cccc12. The monoisotopic (exact) mass is 217 g/mol. The van der Waals surface area contributed by atoms with Crippen molar-refractivity contribution in [1.29, 1.82) is 0 Å². The maximum Gasteiger partial charge on any atom is 0.337 e. The Balaban J connectivity index is 2.84. The molecular weight excluding hydrogens is 202 g/mol. The molecule has 0 atom stereocenters. The van der Waals surface area contributed by atoms with E-state index in [4.69, 9.17) is 0 Å². The number of nitrogens with zero attached hydrogens (tertiary/aromatic N) is 1. The van der Waals surface area contributed by atoms with Crippen LogP contribution >= 0.6 is 0 Å². The van der Waals surface area contributed by atoms with Crippen molar-refractivity contribution in [1.82, 2.24) is 4.57 Å². The highest BCUT2D eigenvalue weighted by Gasteiger charge is 2.14. The summed E-state index contributed by atoms with van der Waals surface area (Å²) in [6.07, 6.45) is 2.98. The number of carbonyl (C=O) groups is 1. The van der Waals surface area contributed by atoms with E-state index in [-0.39, 0.29) is 0 Å². The van der Waals surface area contributed by atoms with Crippen LogP contribution in [0.5, 0.6) is 0 Å². The van der Waals surface area contributed by atoms with Crippen LogP contribution in [0, 0.1) is 0 Å². The first kappa shape index (κ1) is 10.7. The number of carboxylic acids is 1. The van der Waals surface area contributed by atoms with E-state index in [1.165, 1.54) is 5.56 Å². The van der Waals surface area contributed by atoms with Crippen molar-refractivity contribution in [2.45, 2.75) is 26.8 Å². The molecule has 0 spiro atoms. The van der Waals surface area contributed by atoms with Crippen molar-refractivity contribution in [3.63, 3.8) is 0 Å². The lowest BCUT2D eigenvalue weighted by molar-refractivity contribution is 0.0698. The fraction of sp³-hybridized carbons (Fsp3) is 0.308. The van der Waals surface area contributed by atoms with E-state index in [2.05, 4.69) is 13.1 Å². The maximum absolute atomic E-state index is 11.2. The van der Waals surface area contributed by atoms with Crippen LogP contribution in [0.2, 0.25) is 0 Å². The van der Waals surface area contributed by atoms with Crippen LogP contribution in [0.3, 0.4) is 0 Å². The van der Waals surface area contributed by atoms with Gasteiger partial charge in [0.1, 0.15) is 0 Å². The van der Waals surface area contributed by atoms with Crippen molar-refractivity contribution in [2.24, 2.45) is 0 Å². The molecule has 0 amide bonds. The Labute approximate surface area is 94.3 Å². The Bertz CT molecular complexity index is 540. The van der Waals surface area contributed by atoms with E-state index >= 15 is 0 Å². The molecule has 1 aromatic heterocycles. The van der Waals surface area contributed by atoms with E-state index in [0.717, 1.165) is 23.9 Å². The third kappa shape index (κ3) is 1.48. The summed E-state index contributed by atoms with van der Waals surface area (Å²) in [5.74, 6) is -0.860. The number of hydrogen-bond acceptors (Lipinski definition) is 1. The first-order valence-electron chi connectivity index (χ1n) is 5.53. The fourth-order valence-corrected chi connectivity index (χ4v) is 2.14. The van der Waals surface area contributed by atoms with Crippen molar-refractivity contribution < 1.29 is 9.90 Å². The average molecular weight is 217 g/mol. The highest BCUT2D eigenvalue weighted by Crippen LogP contribution is 2.25. The Morgan fingerprint density at radius 3 is 2.69 bits per heavy atom. The Morgan fingerprint density at radius 2 is 2.12 bits per heavy atom. The minimum Gasteiger partial charge on any atom is -0.478 e. The number of benzene rings is 1. The van der Waals surface area contributed by atoms with Gasteiger partial charge in [0.2, 0.25) is 0 Å². The lowest BCUT2D eigenvalue weighted by Gasteiger charge is -2.03. The second kappa shape index (κ2) is 4.00. The number of aromatic nitrogens is 1. The molecule has 16 heavy (non-hydrogen) atoms. The minimum absolute atomic E-state index is 0.388. The molecule has 0 radical (unpaired) electrons. The van der Waals surface area contributed by atoms with Crippen molar-refractivity contribution in [2.75, 3.05) is 0 Å². The molecule has 1 heterocycles. The number of carboxylic acid groups (broad SMARTS) is 1. The van der Waals surface area contributed by atoms with Gasteiger partial charge in [-0.1, -0.05) is 19.1 Å². The summed E-state index contributed by atoms with van der Waals surface area (Å²) in [4.78, 5) is 11.2. The van der Waals surface area contributed by atoms with Crippen LogP contribution in [-0.4, -0.2) is 15.6 Å². The van der Waals surface area contributed by atoms with Gasteiger partial charge in [-0.15, -0.1) is 0 Å². The predicted octanol–water partition coefficient (Wildman–Crippen LogP) is 2.92. The molecule has 2 rings (SSSR count). The van der Waals surface area contributed by atoms with Gasteiger partial charge in [-0.2, -0.15) is 0 Å². The zero-order valence-corrected chi connectivity index (χ0v) is 9.53. The van der Waals surface area contributed by atoms with Crippen LogP contribution in [0.4, 0.5) is 0 Å². The number of hydrogen-bond donors (Lipinski definition) is 1. The largest absolute Gasteiger partial charge is 0.478 e. The average Bonchev–Trinajstić information content (AvgIpc) is 2.66. The highest BCUT2D eigenvalue weighted by atomic mass is 16.4. The molecule has 1 N–H and O–H groups in total. The molecule has 1 aromatic carbocycles. The highest BCUT2D eigenvalue weighted by molar-refractivity contribution is 6.03. The summed E-state index contributed by atoms with van der Waals surface area (Å²) < 4.78 is 2.01. The third-order valence-electron chi connectivity index (χ3n) is 2.93. The fourth-order valence-electron chi connectivity index (χ4n) is 2.14. The van der Waals surface area contributed by atoms with Gasteiger partial charge in [0.05, 0.1) is 11.1 Å². The van der Waals surface area contributed by atoms with Crippen LogP contribution in [0.1, 0.15) is 29.8 Å². The van der Waals surface area contributed by atoms with Crippen LogP contribution in [-0.2, 0) is 13.0 Å². The lowest BCUT2D eigenvalue weighted by atomic mass is 10.1. The quantitative estimate of drug-likeness (QED) is 0.858. The molecule has 3 nitrogen and oxygen atoms in total. The molecule has 0 bridgehead atoms. The first-order chi connectivity index (χ1) is 7.69. The second-order valence-electron chi connectivity index (χ2n) is 3.80. The number of rotatable bonds is 3. The summed E-state index contributed by atoms with van der Waals surface area (Å²) >= 11 is 0. The van der Waals surface area contributed by atoms with Crippen molar-refractivity contribution >= 4 is 16.9 Å². The Kier molecular flexibility index (Phi) is 2.69. The van der Waals surface area contributed by atoms with E-state index in [0.29, 0.717) is 5.56 Å². The van der Waals surface area contributed by atoms with Crippen molar-refractivity contribution in [3.05, 3.63) is 35.5 Å². The molecule has 0 saturated carbocycles. The number of fused-ring (bicyclic) bond motifs is 1. The topological polar surface area (TPSA) is 42.2 Å². The zero-order valence-electron chi connectivity index (χ0n) is 9.53. The van der Waals surface area contributed by atoms with E-state index in [9.17, 15) is 9.90 Å². The van der Waals surface area contributed by atoms with E-state index in [1.54, 1.807) is 6.07 Å². The van der Waals surface area contributed by atoms with Gasteiger partial charge < -0.3 is 9.67 Å². The van der Waals surface area contributed by atoms with Crippen molar-refractivity contribution in [3.8, 4) is 0 Å². The molecule has 3 heteroatoms. The second-order valence-corrected chi connectivity index (χ2v) is 3.80. The van der Waals surface area contributed by atoms with Gasteiger partial charge in [-0.05, 0) is 25.0 Å². The molecule has 0 fully saturated rings. The van der Waals surface area contributed by atoms with Crippen LogP contribution in [0.15, 0.2) is 24.4 Å². The zero-order chi connectivity index (χ0) is 11.7. The number of para-hydroxylation sites is 1. The minimum atomic E-state index is -0.860. The summed E-state index contributed by atoms with van der Waals surface area (Å²) in [5.41, 5.74) is 2.44. The first-order valence-corrected chi connectivity index (χ1v) is 5.53. The standard InChI is InChI=1S/C13H15NO2/c1-3-9-8-14(4-2)12-10(9)6-5-7-11(12)13(15)16/h5-8H,3-4H2,1-2H3,(H,15,16). The molecule has 0 aliphatic carbocycles. The number of aromatic carboxylic acids is 1. The van der Waals surface area contributed by atoms with Gasteiger partial charge in [0.15, 0.2) is 0 Å². The van der Waals surface area contributed by atoms with E-state index in [1.807, 2.05) is 23.6 Å². The normalized spacial score (nSPS) is 10.9. The molecule has 0 aliphatic heterocycles. The maximum atomic E-state index is 11.2. The van der Waals surface area contributed by atoms with Gasteiger partial charge in [-0.3, -0.25) is 0 Å². The molecular formula is C13H15NO2. The summed E-state index contributed by atoms with van der Waals surface area (Å²) in [6, 6.07) is 5.47. The van der Waals surface area contributed by atoms with Gasteiger partial charge in [0, 0.05) is 18.1 Å². The van der Waals surface area contributed by atoms with Gasteiger partial charge in [-0.25, -0.2) is 4.79 Å². The van der Waals surface area contributed by atoms with E-state index < -0.39 is 5.97 Å². The summed E-state index contributed by atoms with van der Waals surface area (Å²) in [7, 11) is 0. The Morgan fingerprint density at radius 1 is 1.38 bits per heavy atom. The molecule has 0 unspecified atom stereocenters. The molecule has 84 valence electrons.